The van der Waals surface area contributed by atoms with E-state index in [4.69, 9.17) is 4.74 Å². The predicted octanol–water partition coefficient (Wildman–Crippen LogP) is 2.92. The van der Waals surface area contributed by atoms with Gasteiger partial charge in [0.1, 0.15) is 6.33 Å². The second-order valence-corrected chi connectivity index (χ2v) is 5.41. The molecule has 144 valence electrons. The maximum atomic E-state index is 12.3. The van der Waals surface area contributed by atoms with Gasteiger partial charge in [-0.1, -0.05) is 6.07 Å². The van der Waals surface area contributed by atoms with Crippen LogP contribution in [0.1, 0.15) is 5.56 Å². The van der Waals surface area contributed by atoms with Gasteiger partial charge in [-0.05, 0) is 58.5 Å². The van der Waals surface area contributed by atoms with Crippen molar-refractivity contribution in [2.45, 2.75) is 6.61 Å². The smallest absolute Gasteiger partial charge is 0.387 e. The maximum Gasteiger partial charge on any atom is 0.387 e. The van der Waals surface area contributed by atoms with E-state index in [2.05, 4.69) is 25.6 Å². The molecule has 8 nitrogen and oxygen atoms in total. The number of anilines is 1. The standard InChI is InChI=1S/C18H15F2N5O3/c1-27-16-10-12(2-8-15(16)28-18(19)20)3-9-17(26)22-13-4-6-14(7-5-13)25-11-21-23-24-25/h2-11,18H,1H3,(H,22,26)/b9-3+. The van der Waals surface area contributed by atoms with Crippen molar-refractivity contribution in [1.82, 2.24) is 20.2 Å². The summed E-state index contributed by atoms with van der Waals surface area (Å²) in [6.45, 7) is -2.95. The van der Waals surface area contributed by atoms with Crippen LogP contribution in [0, 0.1) is 0 Å². The maximum absolute atomic E-state index is 12.3. The quantitative estimate of drug-likeness (QED) is 0.627. The molecule has 3 aromatic rings. The average molecular weight is 387 g/mol. The number of nitrogens with one attached hydrogen (secondary N) is 1. The molecule has 0 saturated carbocycles. The van der Waals surface area contributed by atoms with Gasteiger partial charge in [0.15, 0.2) is 11.5 Å². The number of hydrogen-bond donors (Lipinski definition) is 1. The van der Waals surface area contributed by atoms with Crippen molar-refractivity contribution in [3.63, 3.8) is 0 Å². The average Bonchev–Trinajstić information content (AvgIpc) is 3.22. The fourth-order valence-corrected chi connectivity index (χ4v) is 2.31. The van der Waals surface area contributed by atoms with Gasteiger partial charge in [0.25, 0.3) is 0 Å². The molecular weight excluding hydrogens is 372 g/mol. The lowest BCUT2D eigenvalue weighted by Gasteiger charge is -2.10. The molecule has 0 atom stereocenters. The molecule has 2 aromatic carbocycles. The van der Waals surface area contributed by atoms with Crippen molar-refractivity contribution in [3.8, 4) is 17.2 Å². The van der Waals surface area contributed by atoms with Crippen molar-refractivity contribution < 1.29 is 23.0 Å². The van der Waals surface area contributed by atoms with Crippen LogP contribution in [-0.2, 0) is 4.79 Å². The molecule has 0 radical (unpaired) electrons. The van der Waals surface area contributed by atoms with E-state index in [1.54, 1.807) is 24.3 Å². The van der Waals surface area contributed by atoms with Crippen LogP contribution in [0.4, 0.5) is 14.5 Å². The highest BCUT2D eigenvalue weighted by Gasteiger charge is 2.10. The number of aromatic nitrogens is 4. The molecule has 0 aliphatic heterocycles. The number of nitrogens with zero attached hydrogens (tertiary/aromatic N) is 4. The van der Waals surface area contributed by atoms with Gasteiger partial charge < -0.3 is 14.8 Å². The first kappa shape index (κ1) is 19.0. The zero-order chi connectivity index (χ0) is 19.9. The minimum atomic E-state index is -2.95. The number of rotatable bonds is 7. The van der Waals surface area contributed by atoms with Crippen molar-refractivity contribution in [2.24, 2.45) is 0 Å². The van der Waals surface area contributed by atoms with E-state index >= 15 is 0 Å². The van der Waals surface area contributed by atoms with Crippen LogP contribution in [0.5, 0.6) is 11.5 Å². The molecule has 0 fully saturated rings. The molecule has 1 amide bonds. The molecule has 0 aliphatic rings. The summed E-state index contributed by atoms with van der Waals surface area (Å²) in [6.07, 6.45) is 4.30. The van der Waals surface area contributed by atoms with Gasteiger partial charge in [0.05, 0.1) is 12.8 Å². The van der Waals surface area contributed by atoms with E-state index in [0.29, 0.717) is 11.3 Å². The summed E-state index contributed by atoms with van der Waals surface area (Å²) in [6, 6.07) is 11.3. The minimum absolute atomic E-state index is 0.0817. The predicted molar refractivity (Wildman–Crippen MR) is 96.4 cm³/mol. The zero-order valence-corrected chi connectivity index (χ0v) is 14.6. The van der Waals surface area contributed by atoms with Gasteiger partial charge in [-0.3, -0.25) is 4.79 Å². The highest BCUT2D eigenvalue weighted by atomic mass is 19.3. The topological polar surface area (TPSA) is 91.2 Å². The highest BCUT2D eigenvalue weighted by Crippen LogP contribution is 2.29. The number of benzene rings is 2. The van der Waals surface area contributed by atoms with Gasteiger partial charge in [0, 0.05) is 11.8 Å². The van der Waals surface area contributed by atoms with E-state index in [-0.39, 0.29) is 17.4 Å². The minimum Gasteiger partial charge on any atom is -0.493 e. The number of alkyl halides is 2. The van der Waals surface area contributed by atoms with Crippen LogP contribution < -0.4 is 14.8 Å². The first-order valence-electron chi connectivity index (χ1n) is 8.00. The number of carbonyl (C=O) groups excluding carboxylic acids is 1. The van der Waals surface area contributed by atoms with Crippen molar-refractivity contribution in [3.05, 3.63) is 60.4 Å². The van der Waals surface area contributed by atoms with Gasteiger partial charge in [0.2, 0.25) is 5.91 Å². The molecule has 1 heterocycles. The van der Waals surface area contributed by atoms with Crippen molar-refractivity contribution in [2.75, 3.05) is 12.4 Å². The molecule has 10 heteroatoms. The Morgan fingerprint density at radius 1 is 1.18 bits per heavy atom. The van der Waals surface area contributed by atoms with Gasteiger partial charge in [-0.15, -0.1) is 5.10 Å². The number of halogens is 2. The van der Waals surface area contributed by atoms with Crippen LogP contribution >= 0.6 is 0 Å². The number of ether oxygens (including phenoxy) is 2. The molecule has 1 aromatic heterocycles. The molecule has 0 aliphatic carbocycles. The third kappa shape index (κ3) is 4.87. The lowest BCUT2D eigenvalue weighted by Crippen LogP contribution is -2.08. The number of tetrazole rings is 1. The fourth-order valence-electron chi connectivity index (χ4n) is 2.31. The van der Waals surface area contributed by atoms with E-state index in [1.165, 1.54) is 48.5 Å². The second-order valence-electron chi connectivity index (χ2n) is 5.41. The van der Waals surface area contributed by atoms with E-state index in [1.807, 2.05) is 0 Å². The molecule has 3 rings (SSSR count). The summed E-state index contributed by atoms with van der Waals surface area (Å²) in [5.74, 6) is -0.301. The lowest BCUT2D eigenvalue weighted by molar-refractivity contribution is -0.111. The number of amides is 1. The second kappa shape index (κ2) is 8.71. The normalized spacial score (nSPS) is 11.0. The first-order chi connectivity index (χ1) is 13.5. The molecule has 28 heavy (non-hydrogen) atoms. The van der Waals surface area contributed by atoms with Gasteiger partial charge in [-0.2, -0.15) is 8.78 Å². The fraction of sp³-hybridized carbons (Fsp3) is 0.111. The molecule has 0 unspecified atom stereocenters. The first-order valence-corrected chi connectivity index (χ1v) is 8.00. The zero-order valence-electron chi connectivity index (χ0n) is 14.6. The number of methoxy groups -OCH3 is 1. The highest BCUT2D eigenvalue weighted by molar-refractivity contribution is 6.02. The summed E-state index contributed by atoms with van der Waals surface area (Å²) in [5, 5.41) is 13.6. The van der Waals surface area contributed by atoms with Crippen molar-refractivity contribution >= 4 is 17.7 Å². The summed E-state index contributed by atoms with van der Waals surface area (Å²) in [7, 11) is 1.34. The van der Waals surface area contributed by atoms with Crippen LogP contribution in [0.25, 0.3) is 11.8 Å². The Hall–Kier alpha value is -3.82. The SMILES string of the molecule is COc1cc(/C=C/C(=O)Nc2ccc(-n3cnnn3)cc2)ccc1OC(F)F. The van der Waals surface area contributed by atoms with Crippen LogP contribution in [0.3, 0.4) is 0 Å². The van der Waals surface area contributed by atoms with Crippen molar-refractivity contribution in [1.29, 1.82) is 0 Å². The van der Waals surface area contributed by atoms with Crippen LogP contribution in [-0.4, -0.2) is 39.8 Å². The Bertz CT molecular complexity index is 960. The lowest BCUT2D eigenvalue weighted by atomic mass is 10.2. The van der Waals surface area contributed by atoms with Crippen LogP contribution in [0.2, 0.25) is 0 Å². The molecule has 1 N–H and O–H groups in total. The molecular formula is C18H15F2N5O3. The Balaban J connectivity index is 1.63. The summed E-state index contributed by atoms with van der Waals surface area (Å²) in [4.78, 5) is 12.1. The molecule has 0 bridgehead atoms. The molecule has 0 saturated heterocycles. The largest absolute Gasteiger partial charge is 0.493 e. The van der Waals surface area contributed by atoms with Gasteiger partial charge >= 0.3 is 6.61 Å². The number of carbonyl (C=O) groups is 1. The van der Waals surface area contributed by atoms with Crippen LogP contribution in [0.15, 0.2) is 54.9 Å². The Morgan fingerprint density at radius 2 is 1.96 bits per heavy atom. The summed E-state index contributed by atoms with van der Waals surface area (Å²) in [5.41, 5.74) is 1.92. The third-order valence-corrected chi connectivity index (χ3v) is 3.58. The number of hydrogen-bond acceptors (Lipinski definition) is 6. The summed E-state index contributed by atoms with van der Waals surface area (Å²) >= 11 is 0. The Morgan fingerprint density at radius 3 is 2.61 bits per heavy atom. The summed E-state index contributed by atoms with van der Waals surface area (Å²) < 4.78 is 35.6. The Kier molecular flexibility index (Phi) is 5.90. The Labute approximate surface area is 158 Å². The third-order valence-electron chi connectivity index (χ3n) is 3.58. The van der Waals surface area contributed by atoms with E-state index < -0.39 is 6.61 Å². The van der Waals surface area contributed by atoms with E-state index in [0.717, 1.165) is 5.69 Å². The van der Waals surface area contributed by atoms with E-state index in [9.17, 15) is 13.6 Å². The van der Waals surface area contributed by atoms with Gasteiger partial charge in [-0.25, -0.2) is 4.68 Å². The molecule has 0 spiro atoms. The monoisotopic (exact) mass is 387 g/mol.